The van der Waals surface area contributed by atoms with Gasteiger partial charge >= 0.3 is 0 Å². The number of nitrogens with two attached hydrogens (primary N) is 1. The zero-order chi connectivity index (χ0) is 13.0. The Morgan fingerprint density at radius 1 is 1.11 bits per heavy atom. The first kappa shape index (κ1) is 13.5. The monoisotopic (exact) mass is 248 g/mol. The third kappa shape index (κ3) is 3.55. The zero-order valence-electron chi connectivity index (χ0n) is 11.2. The van der Waals surface area contributed by atoms with Crippen LogP contribution in [0.2, 0.25) is 0 Å². The highest BCUT2D eigenvalue weighted by Crippen LogP contribution is 2.22. The smallest absolute Gasteiger partial charge is 0.0681 e. The molecular weight excluding hydrogens is 224 g/mol. The fourth-order valence-electron chi connectivity index (χ4n) is 2.71. The van der Waals surface area contributed by atoms with E-state index in [2.05, 4.69) is 24.1 Å². The lowest BCUT2D eigenvalue weighted by Gasteiger charge is -2.33. The summed E-state index contributed by atoms with van der Waals surface area (Å²) in [5.41, 5.74) is 8.23. The van der Waals surface area contributed by atoms with Crippen molar-refractivity contribution >= 4 is 0 Å². The molecule has 3 nitrogen and oxygen atoms in total. The van der Waals surface area contributed by atoms with Crippen molar-refractivity contribution < 1.29 is 5.11 Å². The van der Waals surface area contributed by atoms with Gasteiger partial charge in [-0.2, -0.15) is 0 Å². The molecule has 3 N–H and O–H groups in total. The first-order valence-corrected chi connectivity index (χ1v) is 6.83. The van der Waals surface area contributed by atoms with Gasteiger partial charge in [0.1, 0.15) is 0 Å². The fraction of sp³-hybridized carbons (Fsp3) is 0.600. The van der Waals surface area contributed by atoms with Gasteiger partial charge < -0.3 is 10.8 Å². The molecule has 0 unspecified atom stereocenters. The van der Waals surface area contributed by atoms with Crippen molar-refractivity contribution in [2.75, 3.05) is 7.05 Å². The second-order valence-corrected chi connectivity index (χ2v) is 5.46. The van der Waals surface area contributed by atoms with E-state index in [0.29, 0.717) is 12.1 Å². The van der Waals surface area contributed by atoms with Crippen molar-refractivity contribution in [3.8, 4) is 0 Å². The Hall–Kier alpha value is -0.900. The Kier molecular flexibility index (Phi) is 4.75. The van der Waals surface area contributed by atoms with E-state index in [9.17, 15) is 0 Å². The van der Waals surface area contributed by atoms with Crippen LogP contribution in [0.1, 0.15) is 36.8 Å². The van der Waals surface area contributed by atoms with Crippen LogP contribution in [0.25, 0.3) is 0 Å². The van der Waals surface area contributed by atoms with Gasteiger partial charge in [0, 0.05) is 18.6 Å². The molecule has 1 aromatic carbocycles. The van der Waals surface area contributed by atoms with Crippen LogP contribution in [0.4, 0.5) is 0 Å². The highest BCUT2D eigenvalue weighted by Gasteiger charge is 2.21. The van der Waals surface area contributed by atoms with Gasteiger partial charge in [-0.3, -0.25) is 4.90 Å². The molecule has 0 saturated heterocycles. The molecule has 100 valence electrons. The minimum absolute atomic E-state index is 0.122. The lowest BCUT2D eigenvalue weighted by atomic mass is 9.91. The molecule has 1 aliphatic carbocycles. The largest absolute Gasteiger partial charge is 0.392 e. The van der Waals surface area contributed by atoms with E-state index in [0.717, 1.165) is 24.9 Å². The minimum atomic E-state index is 0.122. The second kappa shape index (κ2) is 6.32. The summed E-state index contributed by atoms with van der Waals surface area (Å²) in [7, 11) is 2.20. The van der Waals surface area contributed by atoms with Crippen LogP contribution < -0.4 is 5.73 Å². The maximum atomic E-state index is 9.02. The van der Waals surface area contributed by atoms with Crippen LogP contribution in [0.15, 0.2) is 24.3 Å². The Morgan fingerprint density at radius 3 is 2.22 bits per heavy atom. The van der Waals surface area contributed by atoms with Crippen LogP contribution in [0.3, 0.4) is 0 Å². The van der Waals surface area contributed by atoms with Gasteiger partial charge in [-0.25, -0.2) is 0 Å². The molecule has 0 heterocycles. The summed E-state index contributed by atoms with van der Waals surface area (Å²) < 4.78 is 0. The van der Waals surface area contributed by atoms with Crippen molar-refractivity contribution in [2.45, 2.75) is 50.9 Å². The predicted molar refractivity (Wildman–Crippen MR) is 74.1 cm³/mol. The standard InChI is InChI=1S/C15H24N2O/c1-17(15-8-6-14(16)7-9-15)10-12-2-4-13(11-18)5-3-12/h2-5,14-15,18H,6-11,16H2,1H3. The van der Waals surface area contributed by atoms with Gasteiger partial charge in [-0.05, 0) is 43.9 Å². The fourth-order valence-corrected chi connectivity index (χ4v) is 2.71. The maximum Gasteiger partial charge on any atom is 0.0681 e. The molecule has 2 rings (SSSR count). The Bertz CT molecular complexity index is 355. The van der Waals surface area contributed by atoms with E-state index in [1.54, 1.807) is 0 Å². The SMILES string of the molecule is CN(Cc1ccc(CO)cc1)C1CCC(N)CC1. The van der Waals surface area contributed by atoms with E-state index in [4.69, 9.17) is 10.8 Å². The van der Waals surface area contributed by atoms with Crippen LogP contribution in [-0.2, 0) is 13.2 Å². The van der Waals surface area contributed by atoms with Gasteiger partial charge in [-0.15, -0.1) is 0 Å². The van der Waals surface area contributed by atoms with Gasteiger partial charge in [0.2, 0.25) is 0 Å². The van der Waals surface area contributed by atoms with Gasteiger partial charge in [0.05, 0.1) is 6.61 Å². The number of hydrogen-bond acceptors (Lipinski definition) is 3. The molecule has 0 bridgehead atoms. The predicted octanol–water partition coefficient (Wildman–Crippen LogP) is 1.88. The molecule has 0 amide bonds. The summed E-state index contributed by atoms with van der Waals surface area (Å²) in [4.78, 5) is 2.43. The summed E-state index contributed by atoms with van der Waals surface area (Å²) >= 11 is 0. The van der Waals surface area contributed by atoms with Crippen molar-refractivity contribution in [1.82, 2.24) is 4.90 Å². The lowest BCUT2D eigenvalue weighted by molar-refractivity contribution is 0.176. The Morgan fingerprint density at radius 2 is 1.67 bits per heavy atom. The third-order valence-corrected chi connectivity index (χ3v) is 4.00. The van der Waals surface area contributed by atoms with Gasteiger partial charge in [0.25, 0.3) is 0 Å². The maximum absolute atomic E-state index is 9.02. The van der Waals surface area contributed by atoms with Crippen LogP contribution >= 0.6 is 0 Å². The highest BCUT2D eigenvalue weighted by atomic mass is 16.3. The highest BCUT2D eigenvalue weighted by molar-refractivity contribution is 5.21. The molecule has 0 spiro atoms. The number of benzene rings is 1. The third-order valence-electron chi connectivity index (χ3n) is 4.00. The molecule has 0 aromatic heterocycles. The van der Waals surface area contributed by atoms with Crippen molar-refractivity contribution in [2.24, 2.45) is 5.73 Å². The number of hydrogen-bond donors (Lipinski definition) is 2. The van der Waals surface area contributed by atoms with Crippen molar-refractivity contribution in [3.05, 3.63) is 35.4 Å². The molecule has 1 aromatic rings. The molecule has 18 heavy (non-hydrogen) atoms. The molecule has 0 radical (unpaired) electrons. The molecule has 1 fully saturated rings. The van der Waals surface area contributed by atoms with Gasteiger partial charge in [0.15, 0.2) is 0 Å². The minimum Gasteiger partial charge on any atom is -0.392 e. The van der Waals surface area contributed by atoms with Crippen LogP contribution in [0, 0.1) is 0 Å². The molecule has 1 aliphatic rings. The average molecular weight is 248 g/mol. The Balaban J connectivity index is 1.87. The summed E-state index contributed by atoms with van der Waals surface area (Å²) in [5, 5.41) is 9.02. The lowest BCUT2D eigenvalue weighted by Crippen LogP contribution is -2.38. The van der Waals surface area contributed by atoms with Crippen LogP contribution in [0.5, 0.6) is 0 Å². The summed E-state index contributed by atoms with van der Waals surface area (Å²) in [6, 6.07) is 9.30. The Labute approximate surface area is 110 Å². The van der Waals surface area contributed by atoms with E-state index in [1.165, 1.54) is 18.4 Å². The molecule has 3 heteroatoms. The summed E-state index contributed by atoms with van der Waals surface area (Å²) in [6.45, 7) is 1.10. The molecule has 1 saturated carbocycles. The van der Waals surface area contributed by atoms with E-state index in [-0.39, 0.29) is 6.61 Å². The van der Waals surface area contributed by atoms with Gasteiger partial charge in [-0.1, -0.05) is 24.3 Å². The number of aliphatic hydroxyl groups excluding tert-OH is 1. The number of aliphatic hydroxyl groups is 1. The first-order chi connectivity index (χ1) is 8.69. The van der Waals surface area contributed by atoms with E-state index >= 15 is 0 Å². The molecule has 0 atom stereocenters. The number of nitrogens with zero attached hydrogens (tertiary/aromatic N) is 1. The topological polar surface area (TPSA) is 49.5 Å². The molecular formula is C15H24N2O. The average Bonchev–Trinajstić information content (AvgIpc) is 2.40. The van der Waals surface area contributed by atoms with Crippen molar-refractivity contribution in [3.63, 3.8) is 0 Å². The second-order valence-electron chi connectivity index (χ2n) is 5.46. The zero-order valence-corrected chi connectivity index (χ0v) is 11.2. The quantitative estimate of drug-likeness (QED) is 0.855. The number of rotatable bonds is 4. The summed E-state index contributed by atoms with van der Waals surface area (Å²) in [5.74, 6) is 0. The first-order valence-electron chi connectivity index (χ1n) is 6.83. The normalized spacial score (nSPS) is 24.4. The summed E-state index contributed by atoms with van der Waals surface area (Å²) in [6.07, 6.45) is 4.73. The van der Waals surface area contributed by atoms with Crippen molar-refractivity contribution in [1.29, 1.82) is 0 Å². The van der Waals surface area contributed by atoms with E-state index < -0.39 is 0 Å². The van der Waals surface area contributed by atoms with E-state index in [1.807, 2.05) is 12.1 Å². The van der Waals surface area contributed by atoms with Crippen LogP contribution in [-0.4, -0.2) is 29.1 Å². The molecule has 0 aliphatic heterocycles.